The van der Waals surface area contributed by atoms with Crippen molar-refractivity contribution in [2.45, 2.75) is 6.54 Å². The van der Waals surface area contributed by atoms with E-state index in [-0.39, 0.29) is 0 Å². The predicted molar refractivity (Wildman–Crippen MR) is 53.6 cm³/mol. The van der Waals surface area contributed by atoms with E-state index >= 15 is 0 Å². The van der Waals surface area contributed by atoms with Gasteiger partial charge in [-0.2, -0.15) is 0 Å². The average Bonchev–Trinajstić information content (AvgIpc) is 2.42. The molecule has 0 aromatic carbocycles. The van der Waals surface area contributed by atoms with Gasteiger partial charge in [-0.1, -0.05) is 11.6 Å². The van der Waals surface area contributed by atoms with Gasteiger partial charge in [-0.25, -0.2) is 4.98 Å². The summed E-state index contributed by atoms with van der Waals surface area (Å²) in [5, 5.41) is 1.69. The Morgan fingerprint density at radius 1 is 1.62 bits per heavy atom. The van der Waals surface area contributed by atoms with Crippen LogP contribution in [-0.4, -0.2) is 9.55 Å². The van der Waals surface area contributed by atoms with E-state index in [0.29, 0.717) is 11.6 Å². The van der Waals surface area contributed by atoms with Crippen molar-refractivity contribution >= 4 is 22.6 Å². The summed E-state index contributed by atoms with van der Waals surface area (Å²) >= 11 is 5.84. The number of nitrogens with two attached hydrogens (primary N) is 1. The molecule has 0 aliphatic carbocycles. The van der Waals surface area contributed by atoms with Crippen LogP contribution >= 0.6 is 11.6 Å². The van der Waals surface area contributed by atoms with Gasteiger partial charge < -0.3 is 10.3 Å². The molecule has 2 heterocycles. The Labute approximate surface area is 81.1 Å². The van der Waals surface area contributed by atoms with Gasteiger partial charge >= 0.3 is 0 Å². The van der Waals surface area contributed by atoms with Crippen LogP contribution in [0.25, 0.3) is 11.0 Å². The van der Waals surface area contributed by atoms with Gasteiger partial charge in [0.15, 0.2) is 0 Å². The molecule has 0 atom stereocenters. The highest BCUT2D eigenvalue weighted by Gasteiger charge is 2.06. The second-order valence-electron chi connectivity index (χ2n) is 2.99. The van der Waals surface area contributed by atoms with Crippen molar-refractivity contribution in [2.75, 3.05) is 0 Å². The van der Waals surface area contributed by atoms with Gasteiger partial charge in [0.05, 0.1) is 5.02 Å². The molecule has 68 valence electrons. The van der Waals surface area contributed by atoms with E-state index < -0.39 is 0 Å². The van der Waals surface area contributed by atoms with Crippen LogP contribution in [0.1, 0.15) is 5.56 Å². The summed E-state index contributed by atoms with van der Waals surface area (Å²) in [5.41, 5.74) is 7.59. The molecule has 0 saturated heterocycles. The normalized spacial score (nSPS) is 11.0. The lowest BCUT2D eigenvalue weighted by Gasteiger charge is -1.94. The topological polar surface area (TPSA) is 43.8 Å². The van der Waals surface area contributed by atoms with Gasteiger partial charge in [-0.15, -0.1) is 0 Å². The third-order valence-corrected chi connectivity index (χ3v) is 2.29. The number of fused-ring (bicyclic) bond motifs is 1. The van der Waals surface area contributed by atoms with Crippen LogP contribution < -0.4 is 5.73 Å². The Kier molecular flexibility index (Phi) is 1.98. The summed E-state index contributed by atoms with van der Waals surface area (Å²) in [4.78, 5) is 4.22. The van der Waals surface area contributed by atoms with Crippen molar-refractivity contribution in [3.8, 4) is 0 Å². The number of rotatable bonds is 1. The van der Waals surface area contributed by atoms with Crippen molar-refractivity contribution in [2.24, 2.45) is 12.8 Å². The monoisotopic (exact) mass is 195 g/mol. The fourth-order valence-corrected chi connectivity index (χ4v) is 1.63. The molecule has 2 rings (SSSR count). The Bertz CT molecular complexity index is 447. The Balaban J connectivity index is 2.81. The molecule has 0 aliphatic heterocycles. The highest BCUT2D eigenvalue weighted by molar-refractivity contribution is 6.31. The molecule has 0 amide bonds. The molecule has 0 spiro atoms. The maximum atomic E-state index is 5.84. The number of aromatic nitrogens is 2. The smallest absolute Gasteiger partial charge is 0.140 e. The molecule has 0 aliphatic rings. The molecular formula is C9H10ClN3. The first-order valence-corrected chi connectivity index (χ1v) is 4.39. The van der Waals surface area contributed by atoms with Gasteiger partial charge in [0.1, 0.15) is 5.65 Å². The van der Waals surface area contributed by atoms with Crippen LogP contribution in [-0.2, 0) is 13.6 Å². The second-order valence-corrected chi connectivity index (χ2v) is 3.43. The molecule has 0 saturated carbocycles. The zero-order valence-electron chi connectivity index (χ0n) is 7.29. The van der Waals surface area contributed by atoms with E-state index in [2.05, 4.69) is 4.98 Å². The van der Waals surface area contributed by atoms with Gasteiger partial charge in [0.25, 0.3) is 0 Å². The molecule has 0 radical (unpaired) electrons. The molecule has 2 aromatic rings. The lowest BCUT2D eigenvalue weighted by molar-refractivity contribution is 0.933. The molecule has 3 nitrogen and oxygen atoms in total. The van der Waals surface area contributed by atoms with Crippen molar-refractivity contribution < 1.29 is 0 Å². The van der Waals surface area contributed by atoms with Crippen LogP contribution in [0.3, 0.4) is 0 Å². The minimum absolute atomic E-state index is 0.513. The quantitative estimate of drug-likeness (QED) is 0.753. The molecule has 0 unspecified atom stereocenters. The van der Waals surface area contributed by atoms with Gasteiger partial charge in [-0.3, -0.25) is 0 Å². The van der Waals surface area contributed by atoms with Gasteiger partial charge in [0.2, 0.25) is 0 Å². The summed E-state index contributed by atoms with van der Waals surface area (Å²) in [6, 6.07) is 1.89. The summed E-state index contributed by atoms with van der Waals surface area (Å²) in [6.45, 7) is 0.513. The van der Waals surface area contributed by atoms with E-state index in [1.54, 1.807) is 6.20 Å². The number of halogens is 1. The van der Waals surface area contributed by atoms with Crippen molar-refractivity contribution in [1.82, 2.24) is 9.55 Å². The zero-order chi connectivity index (χ0) is 9.42. The van der Waals surface area contributed by atoms with Crippen molar-refractivity contribution in [3.05, 3.63) is 29.0 Å². The number of nitrogens with zero attached hydrogens (tertiary/aromatic N) is 2. The Hall–Kier alpha value is -1.06. The summed E-state index contributed by atoms with van der Waals surface area (Å²) < 4.78 is 1.95. The molecule has 13 heavy (non-hydrogen) atoms. The average molecular weight is 196 g/mol. The number of pyridine rings is 1. The minimum atomic E-state index is 0.513. The fourth-order valence-electron chi connectivity index (χ4n) is 1.48. The minimum Gasteiger partial charge on any atom is -0.335 e. The van der Waals surface area contributed by atoms with Crippen LogP contribution in [0.15, 0.2) is 18.5 Å². The fraction of sp³-hybridized carbons (Fsp3) is 0.222. The third-order valence-electron chi connectivity index (χ3n) is 2.08. The molecular weight excluding hydrogens is 186 g/mol. The van der Waals surface area contributed by atoms with Gasteiger partial charge in [-0.05, 0) is 11.6 Å². The van der Waals surface area contributed by atoms with Crippen molar-refractivity contribution in [3.63, 3.8) is 0 Å². The molecule has 0 bridgehead atoms. The lowest BCUT2D eigenvalue weighted by atomic mass is 10.2. The molecule has 4 heteroatoms. The molecule has 0 fully saturated rings. The zero-order valence-corrected chi connectivity index (χ0v) is 8.04. The third kappa shape index (κ3) is 1.30. The largest absolute Gasteiger partial charge is 0.335 e. The van der Waals surface area contributed by atoms with Crippen LogP contribution in [0.5, 0.6) is 0 Å². The van der Waals surface area contributed by atoms with Crippen LogP contribution in [0, 0.1) is 0 Å². The summed E-state index contributed by atoms with van der Waals surface area (Å²) in [5.74, 6) is 0. The maximum Gasteiger partial charge on any atom is 0.140 e. The highest BCUT2D eigenvalue weighted by Crippen LogP contribution is 2.21. The molecule has 2 aromatic heterocycles. The number of aryl methyl sites for hydroxylation is 1. The van der Waals surface area contributed by atoms with E-state index in [4.69, 9.17) is 17.3 Å². The summed E-state index contributed by atoms with van der Waals surface area (Å²) in [6.07, 6.45) is 3.62. The van der Waals surface area contributed by atoms with E-state index in [0.717, 1.165) is 16.6 Å². The van der Waals surface area contributed by atoms with Crippen molar-refractivity contribution in [1.29, 1.82) is 0 Å². The van der Waals surface area contributed by atoms with E-state index in [1.807, 2.05) is 23.9 Å². The van der Waals surface area contributed by atoms with Crippen LogP contribution in [0.2, 0.25) is 5.02 Å². The maximum absolute atomic E-state index is 5.84. The van der Waals surface area contributed by atoms with E-state index in [1.165, 1.54) is 0 Å². The Morgan fingerprint density at radius 2 is 2.38 bits per heavy atom. The number of hydrogen-bond donors (Lipinski definition) is 1. The first-order chi connectivity index (χ1) is 6.22. The second kappa shape index (κ2) is 3.01. The molecule has 2 N–H and O–H groups in total. The number of hydrogen-bond acceptors (Lipinski definition) is 2. The lowest BCUT2D eigenvalue weighted by Crippen LogP contribution is -1.94. The SMILES string of the molecule is Cn1cc(CN)c2cc(Cl)cnc21. The predicted octanol–water partition coefficient (Wildman–Crippen LogP) is 1.69. The first kappa shape index (κ1) is 8.53. The van der Waals surface area contributed by atoms with Gasteiger partial charge in [0, 0.05) is 31.4 Å². The first-order valence-electron chi connectivity index (χ1n) is 4.02. The highest BCUT2D eigenvalue weighted by atomic mass is 35.5. The summed E-state index contributed by atoms with van der Waals surface area (Å²) in [7, 11) is 1.95. The Morgan fingerprint density at radius 3 is 3.08 bits per heavy atom. The van der Waals surface area contributed by atoms with E-state index in [9.17, 15) is 0 Å². The standard InChI is InChI=1S/C9H10ClN3/c1-13-5-6(3-11)8-2-7(10)4-12-9(8)13/h2,4-5H,3,11H2,1H3. The van der Waals surface area contributed by atoms with Crippen LogP contribution in [0.4, 0.5) is 0 Å².